The van der Waals surface area contributed by atoms with E-state index in [1.54, 1.807) is 7.11 Å². The van der Waals surface area contributed by atoms with Crippen LogP contribution in [0.4, 0.5) is 5.82 Å². The molecule has 1 saturated carbocycles. The molecule has 0 aromatic carbocycles. The van der Waals surface area contributed by atoms with E-state index in [4.69, 9.17) is 19.7 Å². The molecule has 160 valence electrons. The molecule has 1 aliphatic carbocycles. The second-order valence-electron chi connectivity index (χ2n) is 6.99. The largest absolute Gasteiger partial charge is 0.461 e. The number of nitrogens with two attached hydrogens (primary N) is 1. The van der Waals surface area contributed by atoms with Crippen LogP contribution < -0.4 is 16.2 Å². The fourth-order valence-electron chi connectivity index (χ4n) is 3.66. The summed E-state index contributed by atoms with van der Waals surface area (Å²) in [5.41, 5.74) is 5.76. The molecule has 12 heteroatoms. The zero-order valence-corrected chi connectivity index (χ0v) is 17.1. The van der Waals surface area contributed by atoms with Crippen molar-refractivity contribution in [2.24, 2.45) is 5.92 Å². The number of methoxy groups -OCH3 is 1. The summed E-state index contributed by atoms with van der Waals surface area (Å²) in [6, 6.07) is 0.0561. The van der Waals surface area contributed by atoms with Crippen LogP contribution in [0.1, 0.15) is 25.7 Å². The minimum Gasteiger partial charge on any atom is -0.461 e. The molecule has 1 aliphatic rings. The van der Waals surface area contributed by atoms with Gasteiger partial charge in [-0.05, 0) is 25.2 Å². The molecular formula is C17H26N5O6P. The first-order chi connectivity index (χ1) is 13.9. The standard InChI is InChI=1S/C17H26N5O6P/c1-3-28-29(24,25)12-6-4-5-11(9-12)10-22-15-13(19-17(22)23)14(18)20-16(21-15)27-8-7-26-2/h3,11-12H,1,4-10H2,2H3,(H,19,23)(H,24,25)(H2,18,20,21). The molecular weight excluding hydrogens is 401 g/mol. The highest BCUT2D eigenvalue weighted by atomic mass is 31.2. The van der Waals surface area contributed by atoms with Gasteiger partial charge in [-0.2, -0.15) is 9.97 Å². The Kier molecular flexibility index (Phi) is 6.61. The molecule has 3 atom stereocenters. The zero-order chi connectivity index (χ0) is 21.0. The predicted octanol–water partition coefficient (Wildman–Crippen LogP) is 1.63. The van der Waals surface area contributed by atoms with Crippen LogP contribution in [0.3, 0.4) is 0 Å². The van der Waals surface area contributed by atoms with E-state index in [0.29, 0.717) is 37.2 Å². The number of imidazole rings is 1. The summed E-state index contributed by atoms with van der Waals surface area (Å²) in [6.45, 7) is 4.30. The minimum absolute atomic E-state index is 0.00777. The molecule has 2 aromatic rings. The van der Waals surface area contributed by atoms with Crippen LogP contribution in [0, 0.1) is 5.92 Å². The maximum atomic E-state index is 12.5. The van der Waals surface area contributed by atoms with Gasteiger partial charge < -0.3 is 29.6 Å². The Balaban J connectivity index is 1.83. The first-order valence-electron chi connectivity index (χ1n) is 9.35. The van der Waals surface area contributed by atoms with Crippen LogP contribution >= 0.6 is 7.60 Å². The van der Waals surface area contributed by atoms with Crippen LogP contribution in [-0.4, -0.2) is 50.4 Å². The van der Waals surface area contributed by atoms with Crippen LogP contribution in [0.25, 0.3) is 11.2 Å². The molecule has 0 aliphatic heterocycles. The third-order valence-electron chi connectivity index (χ3n) is 5.03. The van der Waals surface area contributed by atoms with Crippen molar-refractivity contribution in [2.75, 3.05) is 26.1 Å². The molecule has 11 nitrogen and oxygen atoms in total. The van der Waals surface area contributed by atoms with E-state index in [2.05, 4.69) is 21.5 Å². The Morgan fingerprint density at radius 1 is 1.41 bits per heavy atom. The summed E-state index contributed by atoms with van der Waals surface area (Å²) < 4.78 is 29.0. The summed E-state index contributed by atoms with van der Waals surface area (Å²) in [6.07, 6.45) is 3.63. The lowest BCUT2D eigenvalue weighted by Crippen LogP contribution is -2.28. The summed E-state index contributed by atoms with van der Waals surface area (Å²) >= 11 is 0. The van der Waals surface area contributed by atoms with E-state index in [0.717, 1.165) is 19.1 Å². The van der Waals surface area contributed by atoms with Crippen LogP contribution in [0.15, 0.2) is 17.6 Å². The van der Waals surface area contributed by atoms with Gasteiger partial charge >= 0.3 is 19.3 Å². The van der Waals surface area contributed by atoms with Crippen molar-refractivity contribution >= 4 is 24.6 Å². The minimum atomic E-state index is -3.78. The molecule has 0 amide bonds. The van der Waals surface area contributed by atoms with Gasteiger partial charge in [-0.3, -0.25) is 4.57 Å². The van der Waals surface area contributed by atoms with Crippen LogP contribution in [0.2, 0.25) is 0 Å². The molecule has 1 fully saturated rings. The van der Waals surface area contributed by atoms with E-state index < -0.39 is 13.3 Å². The van der Waals surface area contributed by atoms with E-state index >= 15 is 0 Å². The number of nitrogen functional groups attached to an aromatic ring is 1. The molecule has 2 aromatic heterocycles. The van der Waals surface area contributed by atoms with Crippen molar-refractivity contribution in [3.63, 3.8) is 0 Å². The molecule has 0 bridgehead atoms. The normalized spacial score (nSPS) is 21.6. The fourth-order valence-corrected chi connectivity index (χ4v) is 5.12. The Morgan fingerprint density at radius 2 is 2.21 bits per heavy atom. The summed E-state index contributed by atoms with van der Waals surface area (Å²) in [5, 5.41) is 0. The maximum absolute atomic E-state index is 12.5. The second kappa shape index (κ2) is 8.98. The highest BCUT2D eigenvalue weighted by Crippen LogP contribution is 2.54. The van der Waals surface area contributed by atoms with Gasteiger partial charge in [0.25, 0.3) is 0 Å². The molecule has 2 heterocycles. The van der Waals surface area contributed by atoms with Crippen molar-refractivity contribution in [2.45, 2.75) is 37.9 Å². The number of ether oxygens (including phenoxy) is 2. The number of fused-ring (bicyclic) bond motifs is 1. The second-order valence-corrected chi connectivity index (χ2v) is 9.06. The average Bonchev–Trinajstić information content (AvgIpc) is 2.99. The number of anilines is 1. The van der Waals surface area contributed by atoms with Gasteiger partial charge in [-0.15, -0.1) is 0 Å². The van der Waals surface area contributed by atoms with Crippen molar-refractivity contribution in [1.82, 2.24) is 19.5 Å². The van der Waals surface area contributed by atoms with Crippen LogP contribution in [0.5, 0.6) is 6.01 Å². The number of nitrogens with zero attached hydrogens (tertiary/aromatic N) is 3. The molecule has 3 rings (SSSR count). The van der Waals surface area contributed by atoms with Crippen molar-refractivity contribution in [1.29, 1.82) is 0 Å². The number of aromatic amines is 1. The van der Waals surface area contributed by atoms with Gasteiger partial charge in [0.05, 0.1) is 18.5 Å². The van der Waals surface area contributed by atoms with Crippen LogP contribution in [-0.2, 0) is 20.4 Å². The number of H-pyrrole nitrogens is 1. The zero-order valence-electron chi connectivity index (χ0n) is 16.2. The summed E-state index contributed by atoms with van der Waals surface area (Å²) in [4.78, 5) is 33.6. The van der Waals surface area contributed by atoms with Gasteiger partial charge in [0, 0.05) is 13.7 Å². The Hall–Kier alpha value is -2.36. The SMILES string of the molecule is C=COP(=O)(O)C1CCCC(Cn2c(=O)[nH]c3c(N)nc(OCCOC)nc32)C1. The summed E-state index contributed by atoms with van der Waals surface area (Å²) in [7, 11) is -2.23. The van der Waals surface area contributed by atoms with E-state index in [9.17, 15) is 14.3 Å². The van der Waals surface area contributed by atoms with Gasteiger partial charge in [0.2, 0.25) is 0 Å². The molecule has 0 radical (unpaired) electrons. The van der Waals surface area contributed by atoms with E-state index in [1.807, 2.05) is 0 Å². The Labute approximate surface area is 167 Å². The average molecular weight is 427 g/mol. The van der Waals surface area contributed by atoms with Gasteiger partial charge in [0.1, 0.15) is 12.1 Å². The maximum Gasteiger partial charge on any atom is 0.379 e. The smallest absolute Gasteiger partial charge is 0.379 e. The Bertz CT molecular complexity index is 973. The number of nitrogens with one attached hydrogen (secondary N) is 1. The first-order valence-corrected chi connectivity index (χ1v) is 11.0. The topological polar surface area (TPSA) is 155 Å². The Morgan fingerprint density at radius 3 is 2.93 bits per heavy atom. The predicted molar refractivity (Wildman–Crippen MR) is 107 cm³/mol. The number of aromatic nitrogens is 4. The highest BCUT2D eigenvalue weighted by Gasteiger charge is 2.37. The molecule has 0 spiro atoms. The molecule has 29 heavy (non-hydrogen) atoms. The quantitative estimate of drug-likeness (QED) is 0.308. The van der Waals surface area contributed by atoms with Crippen molar-refractivity contribution in [3.8, 4) is 6.01 Å². The van der Waals surface area contributed by atoms with Gasteiger partial charge in [-0.1, -0.05) is 13.0 Å². The van der Waals surface area contributed by atoms with E-state index in [1.165, 1.54) is 4.57 Å². The number of rotatable bonds is 9. The van der Waals surface area contributed by atoms with Crippen molar-refractivity contribution in [3.05, 3.63) is 23.3 Å². The summed E-state index contributed by atoms with van der Waals surface area (Å²) in [5.74, 6) is 0.118. The van der Waals surface area contributed by atoms with Crippen molar-refractivity contribution < 1.29 is 23.5 Å². The van der Waals surface area contributed by atoms with E-state index in [-0.39, 0.29) is 30.0 Å². The van der Waals surface area contributed by atoms with Gasteiger partial charge in [-0.25, -0.2) is 9.36 Å². The molecule has 4 N–H and O–H groups in total. The fraction of sp³-hybridized carbons (Fsp3) is 0.588. The number of hydrogen-bond acceptors (Lipinski definition) is 8. The monoisotopic (exact) mass is 427 g/mol. The molecule has 0 saturated heterocycles. The number of hydrogen-bond donors (Lipinski definition) is 3. The lowest BCUT2D eigenvalue weighted by Gasteiger charge is -2.30. The molecule has 3 unspecified atom stereocenters. The van der Waals surface area contributed by atoms with Gasteiger partial charge in [0.15, 0.2) is 11.5 Å². The lowest BCUT2D eigenvalue weighted by molar-refractivity contribution is 0.141. The third-order valence-corrected chi connectivity index (χ3v) is 6.87. The highest BCUT2D eigenvalue weighted by molar-refractivity contribution is 7.53. The third kappa shape index (κ3) is 4.80. The first kappa shape index (κ1) is 21.4. The lowest BCUT2D eigenvalue weighted by atomic mass is 9.89.